The normalized spacial score (nSPS) is 27.3. The van der Waals surface area contributed by atoms with Crippen LogP contribution in [0.5, 0.6) is 0 Å². The van der Waals surface area contributed by atoms with Crippen molar-refractivity contribution in [3.8, 4) is 0 Å². The van der Waals surface area contributed by atoms with Crippen molar-refractivity contribution < 1.29 is 29.0 Å². The van der Waals surface area contributed by atoms with Crippen LogP contribution in [-0.4, -0.2) is 76.7 Å². The fraction of sp³-hybridized carbons (Fsp3) is 0.483. The molecule has 2 fully saturated rings. The minimum atomic E-state index is -1.22. The van der Waals surface area contributed by atoms with Gasteiger partial charge in [0, 0.05) is 26.2 Å². The number of ether oxygens (including phenoxy) is 2. The Kier molecular flexibility index (Phi) is 8.61. The highest BCUT2D eigenvalue weighted by molar-refractivity contribution is 5.99. The quantitative estimate of drug-likeness (QED) is 0.236. The van der Waals surface area contributed by atoms with E-state index in [2.05, 4.69) is 13.2 Å². The molecule has 3 aliphatic rings. The average Bonchev–Trinajstić information content (AvgIpc) is 3.54. The SMILES string of the molecule is C=CCOC(=O)C1C2C=CC3(O2)C1C(=O)N(CCCCCCO)C3C(=O)N(CC=C)Cc1ccccc1. The molecule has 1 spiro atoms. The van der Waals surface area contributed by atoms with E-state index in [1.54, 1.807) is 28.0 Å². The molecule has 2 bridgehead atoms. The van der Waals surface area contributed by atoms with Crippen molar-refractivity contribution in [2.45, 2.75) is 50.0 Å². The Hall–Kier alpha value is -3.23. The third-order valence-electron chi connectivity index (χ3n) is 7.41. The number of carbonyl (C=O) groups is 3. The number of fused-ring (bicyclic) bond motifs is 1. The van der Waals surface area contributed by atoms with Gasteiger partial charge < -0.3 is 24.4 Å². The molecule has 37 heavy (non-hydrogen) atoms. The third-order valence-corrected chi connectivity index (χ3v) is 7.41. The van der Waals surface area contributed by atoms with Crippen LogP contribution < -0.4 is 0 Å². The second kappa shape index (κ2) is 11.9. The predicted molar refractivity (Wildman–Crippen MR) is 138 cm³/mol. The molecule has 0 radical (unpaired) electrons. The molecule has 1 aromatic carbocycles. The van der Waals surface area contributed by atoms with Gasteiger partial charge >= 0.3 is 5.97 Å². The van der Waals surface area contributed by atoms with Crippen LogP contribution in [0.15, 0.2) is 67.8 Å². The zero-order valence-corrected chi connectivity index (χ0v) is 21.2. The summed E-state index contributed by atoms with van der Waals surface area (Å²) in [4.78, 5) is 44.4. The van der Waals surface area contributed by atoms with Gasteiger partial charge in [-0.15, -0.1) is 6.58 Å². The maximum Gasteiger partial charge on any atom is 0.313 e. The van der Waals surface area contributed by atoms with Crippen LogP contribution in [0.2, 0.25) is 0 Å². The van der Waals surface area contributed by atoms with E-state index in [0.717, 1.165) is 18.4 Å². The summed E-state index contributed by atoms with van der Waals surface area (Å²) in [6.07, 6.45) is 9.14. The van der Waals surface area contributed by atoms with E-state index < -0.39 is 35.6 Å². The lowest BCUT2D eigenvalue weighted by molar-refractivity contribution is -0.153. The molecule has 5 unspecified atom stereocenters. The lowest BCUT2D eigenvalue weighted by atomic mass is 9.74. The molecule has 8 nitrogen and oxygen atoms in total. The first-order chi connectivity index (χ1) is 18.0. The molecule has 5 atom stereocenters. The van der Waals surface area contributed by atoms with Crippen molar-refractivity contribution in [2.24, 2.45) is 11.8 Å². The second-order valence-electron chi connectivity index (χ2n) is 9.78. The fourth-order valence-corrected chi connectivity index (χ4v) is 5.81. The van der Waals surface area contributed by atoms with Gasteiger partial charge in [-0.05, 0) is 18.4 Å². The molecule has 0 saturated carbocycles. The summed E-state index contributed by atoms with van der Waals surface area (Å²) in [5, 5.41) is 9.09. The van der Waals surface area contributed by atoms with Gasteiger partial charge in [-0.2, -0.15) is 0 Å². The molecule has 2 saturated heterocycles. The minimum absolute atomic E-state index is 0.0425. The number of esters is 1. The Morgan fingerprint density at radius 3 is 2.59 bits per heavy atom. The van der Waals surface area contributed by atoms with Crippen LogP contribution in [0, 0.1) is 11.8 Å². The van der Waals surface area contributed by atoms with E-state index in [-0.39, 0.29) is 25.0 Å². The number of likely N-dealkylation sites (tertiary alicyclic amines) is 1. The van der Waals surface area contributed by atoms with Gasteiger partial charge in [0.25, 0.3) is 0 Å². The maximum absolute atomic E-state index is 14.2. The lowest BCUT2D eigenvalue weighted by Crippen LogP contribution is -2.55. The molecule has 0 aliphatic carbocycles. The summed E-state index contributed by atoms with van der Waals surface area (Å²) in [5.41, 5.74) is -0.262. The molecule has 0 aromatic heterocycles. The maximum atomic E-state index is 14.2. The monoisotopic (exact) mass is 508 g/mol. The minimum Gasteiger partial charge on any atom is -0.461 e. The Morgan fingerprint density at radius 2 is 1.89 bits per heavy atom. The Morgan fingerprint density at radius 1 is 1.14 bits per heavy atom. The third kappa shape index (κ3) is 5.13. The molecule has 3 aliphatic heterocycles. The zero-order chi connectivity index (χ0) is 26.4. The summed E-state index contributed by atoms with van der Waals surface area (Å²) < 4.78 is 11.7. The standard InChI is InChI=1S/C29H36N2O6/c1-3-16-30(20-21-12-8-7-9-13-21)27(34)25-29-15-14-22(37-29)23(28(35)36-19-4-2)24(29)26(33)31(25)17-10-5-6-11-18-32/h3-4,7-9,12-15,22-25,32H,1-2,5-6,10-11,16-20H2. The average molecular weight is 509 g/mol. The van der Waals surface area contributed by atoms with Gasteiger partial charge in [0.05, 0.1) is 12.0 Å². The number of hydrogen-bond donors (Lipinski definition) is 1. The highest BCUT2D eigenvalue weighted by Gasteiger charge is 2.73. The summed E-state index contributed by atoms with van der Waals surface area (Å²) in [7, 11) is 0. The zero-order valence-electron chi connectivity index (χ0n) is 21.2. The molecular weight excluding hydrogens is 472 g/mol. The molecule has 2 amide bonds. The van der Waals surface area contributed by atoms with Crippen LogP contribution in [0.3, 0.4) is 0 Å². The molecule has 3 heterocycles. The number of rotatable bonds is 14. The predicted octanol–water partition coefficient (Wildman–Crippen LogP) is 2.63. The summed E-state index contributed by atoms with van der Waals surface area (Å²) in [6.45, 7) is 8.62. The van der Waals surface area contributed by atoms with Gasteiger partial charge in [0.15, 0.2) is 0 Å². The molecule has 1 aromatic rings. The number of aliphatic hydroxyl groups is 1. The topological polar surface area (TPSA) is 96.4 Å². The molecular formula is C29H36N2O6. The number of hydrogen-bond acceptors (Lipinski definition) is 6. The highest BCUT2D eigenvalue weighted by Crippen LogP contribution is 2.55. The van der Waals surface area contributed by atoms with Gasteiger partial charge in [0.2, 0.25) is 11.8 Å². The largest absolute Gasteiger partial charge is 0.461 e. The second-order valence-corrected chi connectivity index (χ2v) is 9.78. The van der Waals surface area contributed by atoms with E-state index >= 15 is 0 Å². The first-order valence-corrected chi connectivity index (χ1v) is 13.0. The number of aliphatic hydroxyl groups excluding tert-OH is 1. The van der Waals surface area contributed by atoms with Crippen LogP contribution in [0.1, 0.15) is 31.2 Å². The van der Waals surface area contributed by atoms with E-state index in [4.69, 9.17) is 14.6 Å². The fourth-order valence-electron chi connectivity index (χ4n) is 5.81. The van der Waals surface area contributed by atoms with Gasteiger partial charge in [-0.1, -0.05) is 74.1 Å². The van der Waals surface area contributed by atoms with Crippen molar-refractivity contribution in [3.05, 3.63) is 73.4 Å². The van der Waals surface area contributed by atoms with Crippen molar-refractivity contribution in [1.29, 1.82) is 0 Å². The first kappa shape index (κ1) is 26.8. The lowest BCUT2D eigenvalue weighted by Gasteiger charge is -2.36. The number of unbranched alkanes of at least 4 members (excludes halogenated alkanes) is 3. The molecule has 1 N–H and O–H groups in total. The number of nitrogens with zero attached hydrogens (tertiary/aromatic N) is 2. The van der Waals surface area contributed by atoms with E-state index in [9.17, 15) is 14.4 Å². The number of benzene rings is 1. The smallest absolute Gasteiger partial charge is 0.313 e. The van der Waals surface area contributed by atoms with Crippen LogP contribution in [-0.2, 0) is 30.4 Å². The van der Waals surface area contributed by atoms with Gasteiger partial charge in [-0.25, -0.2) is 0 Å². The van der Waals surface area contributed by atoms with Crippen molar-refractivity contribution in [3.63, 3.8) is 0 Å². The van der Waals surface area contributed by atoms with Crippen molar-refractivity contribution in [2.75, 3.05) is 26.3 Å². The van der Waals surface area contributed by atoms with Crippen molar-refractivity contribution >= 4 is 17.8 Å². The van der Waals surface area contributed by atoms with Crippen LogP contribution in [0.4, 0.5) is 0 Å². The van der Waals surface area contributed by atoms with Gasteiger partial charge in [0.1, 0.15) is 24.2 Å². The molecule has 8 heteroatoms. The number of carbonyl (C=O) groups excluding carboxylic acids is 3. The number of amides is 2. The Bertz CT molecular complexity index is 1040. The van der Waals surface area contributed by atoms with Crippen LogP contribution in [0.25, 0.3) is 0 Å². The Balaban J connectivity index is 1.65. The highest BCUT2D eigenvalue weighted by atomic mass is 16.6. The van der Waals surface area contributed by atoms with Crippen molar-refractivity contribution in [1.82, 2.24) is 9.80 Å². The van der Waals surface area contributed by atoms with E-state index in [1.165, 1.54) is 6.08 Å². The first-order valence-electron chi connectivity index (χ1n) is 13.0. The molecule has 4 rings (SSSR count). The summed E-state index contributed by atoms with van der Waals surface area (Å²) in [6, 6.07) is 8.76. The summed E-state index contributed by atoms with van der Waals surface area (Å²) >= 11 is 0. The van der Waals surface area contributed by atoms with Gasteiger partial charge in [-0.3, -0.25) is 14.4 Å². The summed E-state index contributed by atoms with van der Waals surface area (Å²) in [5.74, 6) is -2.65. The Labute approximate surface area is 218 Å². The van der Waals surface area contributed by atoms with Crippen LogP contribution >= 0.6 is 0 Å². The van der Waals surface area contributed by atoms with E-state index in [1.807, 2.05) is 30.3 Å². The van der Waals surface area contributed by atoms with E-state index in [0.29, 0.717) is 32.5 Å². The molecule has 198 valence electrons.